The maximum Gasteiger partial charge on any atom is 0.194 e. The van der Waals surface area contributed by atoms with Crippen LogP contribution in [-0.4, -0.2) is 39.7 Å². The number of guanidine groups is 1. The lowest BCUT2D eigenvalue weighted by molar-refractivity contribution is 0.442. The molecule has 0 aliphatic heterocycles. The zero-order chi connectivity index (χ0) is 17.1. The third kappa shape index (κ3) is 3.10. The van der Waals surface area contributed by atoms with Gasteiger partial charge in [0.15, 0.2) is 5.96 Å². The number of hydrogen-bond acceptors (Lipinski definition) is 4. The van der Waals surface area contributed by atoms with Gasteiger partial charge in [-0.25, -0.2) is 4.98 Å². The molecule has 0 unspecified atom stereocenters. The number of benzene rings is 1. The van der Waals surface area contributed by atoms with Crippen molar-refractivity contribution in [3.05, 3.63) is 47.7 Å². The number of aliphatic imine (C=N–C) groups is 1. The number of para-hydroxylation sites is 1. The number of aromatic nitrogens is 3. The van der Waals surface area contributed by atoms with Gasteiger partial charge in [-0.1, -0.05) is 18.2 Å². The Hall–Kier alpha value is -2.83. The Morgan fingerprint density at radius 2 is 2.17 bits per heavy atom. The fourth-order valence-electron chi connectivity index (χ4n) is 2.69. The van der Waals surface area contributed by atoms with E-state index in [1.807, 2.05) is 37.2 Å². The van der Waals surface area contributed by atoms with Crippen molar-refractivity contribution in [2.45, 2.75) is 20.0 Å². The zero-order valence-electron chi connectivity index (χ0n) is 14.4. The smallest absolute Gasteiger partial charge is 0.194 e. The predicted molar refractivity (Wildman–Crippen MR) is 93.6 cm³/mol. The Bertz CT molecular complexity index is 863. The average molecular weight is 326 g/mol. The lowest BCUT2D eigenvalue weighted by atomic mass is 10.1. The summed E-state index contributed by atoms with van der Waals surface area (Å²) >= 11 is 0. The summed E-state index contributed by atoms with van der Waals surface area (Å²) in [6.45, 7) is 3.28. The summed E-state index contributed by atoms with van der Waals surface area (Å²) in [6.07, 6.45) is 1.55. The molecule has 0 aliphatic rings. The minimum Gasteiger partial charge on any atom is -0.459 e. The van der Waals surface area contributed by atoms with Crippen LogP contribution in [0.1, 0.15) is 17.1 Å². The molecule has 2 heterocycles. The molecule has 1 N–H and O–H groups in total. The lowest BCUT2D eigenvalue weighted by Crippen LogP contribution is -2.38. The van der Waals surface area contributed by atoms with Gasteiger partial charge < -0.3 is 14.6 Å². The number of fused-ring (bicyclic) bond motifs is 1. The van der Waals surface area contributed by atoms with Crippen molar-refractivity contribution < 1.29 is 4.42 Å². The Morgan fingerprint density at radius 3 is 2.83 bits per heavy atom. The first-order chi connectivity index (χ1) is 11.6. The largest absolute Gasteiger partial charge is 0.459 e. The highest BCUT2D eigenvalue weighted by atomic mass is 16.3. The maximum absolute atomic E-state index is 5.94. The number of nitrogens with zero attached hydrogens (tertiary/aromatic N) is 5. The Balaban J connectivity index is 1.69. The normalized spacial score (nSPS) is 11.9. The topological polar surface area (TPSA) is 71.5 Å². The van der Waals surface area contributed by atoms with Gasteiger partial charge in [-0.3, -0.25) is 9.67 Å². The Morgan fingerprint density at radius 1 is 1.38 bits per heavy atom. The van der Waals surface area contributed by atoms with Crippen molar-refractivity contribution in [3.8, 4) is 0 Å². The molecule has 7 heteroatoms. The molecule has 0 aliphatic carbocycles. The first-order valence-corrected chi connectivity index (χ1v) is 7.81. The standard InChI is InChI=1S/C17H22N6O/c1-12-13-7-5-6-8-14(13)24-15(12)9-19-17(18-2)22(3)10-16-20-11-21-23(16)4/h5-8,11H,9-10H2,1-4H3,(H,18,19). The van der Waals surface area contributed by atoms with E-state index in [4.69, 9.17) is 4.42 Å². The van der Waals surface area contributed by atoms with Crippen LogP contribution >= 0.6 is 0 Å². The summed E-state index contributed by atoms with van der Waals surface area (Å²) in [5.41, 5.74) is 2.07. The van der Waals surface area contributed by atoms with Crippen LogP contribution in [0.15, 0.2) is 40.0 Å². The van der Waals surface area contributed by atoms with Crippen molar-refractivity contribution in [3.63, 3.8) is 0 Å². The van der Waals surface area contributed by atoms with Gasteiger partial charge in [-0.05, 0) is 13.0 Å². The SMILES string of the molecule is CN=C(NCc1oc2ccccc2c1C)N(C)Cc1ncnn1C. The van der Waals surface area contributed by atoms with Crippen molar-refractivity contribution in [2.75, 3.05) is 14.1 Å². The van der Waals surface area contributed by atoms with E-state index in [9.17, 15) is 0 Å². The molecule has 0 amide bonds. The van der Waals surface area contributed by atoms with E-state index in [0.717, 1.165) is 34.1 Å². The molecule has 126 valence electrons. The quantitative estimate of drug-likeness (QED) is 0.587. The van der Waals surface area contributed by atoms with Crippen molar-refractivity contribution in [2.24, 2.45) is 12.0 Å². The predicted octanol–water partition coefficient (Wildman–Crippen LogP) is 2.08. The second kappa shape index (κ2) is 6.74. The highest BCUT2D eigenvalue weighted by molar-refractivity contribution is 5.82. The summed E-state index contributed by atoms with van der Waals surface area (Å²) in [5, 5.41) is 8.58. The van der Waals surface area contributed by atoms with Crippen LogP contribution in [0.25, 0.3) is 11.0 Å². The van der Waals surface area contributed by atoms with Crippen LogP contribution in [0, 0.1) is 6.92 Å². The molecule has 0 spiro atoms. The molecule has 0 fully saturated rings. The van der Waals surface area contributed by atoms with Gasteiger partial charge in [0.05, 0.1) is 13.1 Å². The minimum absolute atomic E-state index is 0.580. The molecule has 24 heavy (non-hydrogen) atoms. The van der Waals surface area contributed by atoms with E-state index in [1.165, 1.54) is 0 Å². The fraction of sp³-hybridized carbons (Fsp3) is 0.353. The molecule has 7 nitrogen and oxygen atoms in total. The van der Waals surface area contributed by atoms with Crippen molar-refractivity contribution in [1.82, 2.24) is 25.0 Å². The van der Waals surface area contributed by atoms with Crippen LogP contribution in [0.3, 0.4) is 0 Å². The summed E-state index contributed by atoms with van der Waals surface area (Å²) < 4.78 is 7.69. The van der Waals surface area contributed by atoms with Gasteiger partial charge in [-0.2, -0.15) is 5.10 Å². The van der Waals surface area contributed by atoms with Crippen molar-refractivity contribution >= 4 is 16.9 Å². The number of furan rings is 1. The number of aryl methyl sites for hydroxylation is 2. The van der Waals surface area contributed by atoms with E-state index >= 15 is 0 Å². The molecular weight excluding hydrogens is 304 g/mol. The molecule has 0 saturated carbocycles. The van der Waals surface area contributed by atoms with Gasteiger partial charge in [0.2, 0.25) is 0 Å². The fourth-order valence-corrected chi connectivity index (χ4v) is 2.69. The second-order valence-corrected chi connectivity index (χ2v) is 5.70. The van der Waals surface area contributed by atoms with Crippen LogP contribution in [0.5, 0.6) is 0 Å². The van der Waals surface area contributed by atoms with E-state index in [-0.39, 0.29) is 0 Å². The van der Waals surface area contributed by atoms with Gasteiger partial charge in [0.1, 0.15) is 23.5 Å². The third-order valence-electron chi connectivity index (χ3n) is 4.11. The average Bonchev–Trinajstić information content (AvgIpc) is 3.12. The van der Waals surface area contributed by atoms with Gasteiger partial charge in [0.25, 0.3) is 0 Å². The molecule has 0 atom stereocenters. The van der Waals surface area contributed by atoms with Crippen LogP contribution < -0.4 is 5.32 Å². The Kier molecular flexibility index (Phi) is 4.50. The zero-order valence-corrected chi connectivity index (χ0v) is 14.4. The van der Waals surface area contributed by atoms with E-state index < -0.39 is 0 Å². The molecular formula is C17H22N6O. The molecule has 2 aromatic heterocycles. The maximum atomic E-state index is 5.94. The molecule has 1 aromatic carbocycles. The number of rotatable bonds is 4. The first-order valence-electron chi connectivity index (χ1n) is 7.81. The van der Waals surface area contributed by atoms with E-state index in [2.05, 4.69) is 33.4 Å². The third-order valence-corrected chi connectivity index (χ3v) is 4.11. The van der Waals surface area contributed by atoms with Crippen LogP contribution in [0.4, 0.5) is 0 Å². The highest BCUT2D eigenvalue weighted by Crippen LogP contribution is 2.24. The van der Waals surface area contributed by atoms with E-state index in [0.29, 0.717) is 13.1 Å². The molecule has 3 rings (SSSR count). The molecule has 0 saturated heterocycles. The van der Waals surface area contributed by atoms with Crippen molar-refractivity contribution in [1.29, 1.82) is 0 Å². The summed E-state index contributed by atoms with van der Waals surface area (Å²) in [5.74, 6) is 2.57. The summed E-state index contributed by atoms with van der Waals surface area (Å²) in [4.78, 5) is 10.6. The molecule has 0 radical (unpaired) electrons. The van der Waals surface area contributed by atoms with Crippen LogP contribution in [0.2, 0.25) is 0 Å². The molecule has 3 aromatic rings. The molecule has 0 bridgehead atoms. The highest BCUT2D eigenvalue weighted by Gasteiger charge is 2.13. The monoisotopic (exact) mass is 326 g/mol. The first kappa shape index (κ1) is 16.0. The van der Waals surface area contributed by atoms with E-state index in [1.54, 1.807) is 18.1 Å². The van der Waals surface area contributed by atoms with Gasteiger partial charge in [0, 0.05) is 32.1 Å². The summed E-state index contributed by atoms with van der Waals surface area (Å²) in [6, 6.07) is 8.07. The minimum atomic E-state index is 0.580. The van der Waals surface area contributed by atoms with Gasteiger partial charge >= 0.3 is 0 Å². The lowest BCUT2D eigenvalue weighted by Gasteiger charge is -2.21. The second-order valence-electron chi connectivity index (χ2n) is 5.70. The number of nitrogens with one attached hydrogen (secondary N) is 1. The number of hydrogen-bond donors (Lipinski definition) is 1. The summed E-state index contributed by atoms with van der Waals surface area (Å²) in [7, 11) is 5.61. The van der Waals surface area contributed by atoms with Crippen LogP contribution in [-0.2, 0) is 20.1 Å². The Labute approximate surface area is 141 Å². The van der Waals surface area contributed by atoms with Gasteiger partial charge in [-0.15, -0.1) is 0 Å².